The van der Waals surface area contributed by atoms with Crippen LogP contribution in [0.3, 0.4) is 0 Å². The van der Waals surface area contributed by atoms with Gasteiger partial charge in [0, 0.05) is 17.1 Å². The van der Waals surface area contributed by atoms with Crippen LogP contribution in [0.5, 0.6) is 0 Å². The maximum absolute atomic E-state index is 14.3. The quantitative estimate of drug-likeness (QED) is 0.815. The molecule has 1 unspecified atom stereocenters. The van der Waals surface area contributed by atoms with Crippen molar-refractivity contribution in [3.63, 3.8) is 0 Å². The van der Waals surface area contributed by atoms with Crippen molar-refractivity contribution in [2.24, 2.45) is 0 Å². The van der Waals surface area contributed by atoms with Gasteiger partial charge >= 0.3 is 0 Å². The van der Waals surface area contributed by atoms with Crippen molar-refractivity contribution in [3.05, 3.63) is 34.1 Å². The van der Waals surface area contributed by atoms with Crippen LogP contribution < -0.4 is 5.32 Å². The number of methoxy groups -OCH3 is 1. The fourth-order valence-corrected chi connectivity index (χ4v) is 3.57. The van der Waals surface area contributed by atoms with Crippen molar-refractivity contribution in [1.82, 2.24) is 5.32 Å². The SMILES string of the molecule is CCCNC(c1cc(Br)ccc1F)C1(OC)CCCC1. The minimum atomic E-state index is -0.281. The first-order chi connectivity index (χ1) is 9.63. The van der Waals surface area contributed by atoms with E-state index >= 15 is 0 Å². The van der Waals surface area contributed by atoms with Crippen LogP contribution in [-0.4, -0.2) is 19.3 Å². The summed E-state index contributed by atoms with van der Waals surface area (Å²) in [5.74, 6) is -0.162. The Labute approximate surface area is 129 Å². The van der Waals surface area contributed by atoms with E-state index in [-0.39, 0.29) is 17.5 Å². The number of ether oxygens (including phenoxy) is 1. The van der Waals surface area contributed by atoms with E-state index in [2.05, 4.69) is 28.2 Å². The zero-order valence-electron chi connectivity index (χ0n) is 12.2. The highest BCUT2D eigenvalue weighted by atomic mass is 79.9. The number of hydrogen-bond acceptors (Lipinski definition) is 2. The molecule has 1 aromatic carbocycles. The molecule has 0 saturated heterocycles. The fourth-order valence-electron chi connectivity index (χ4n) is 3.19. The molecule has 4 heteroatoms. The summed E-state index contributed by atoms with van der Waals surface area (Å²) >= 11 is 3.45. The molecule has 1 fully saturated rings. The molecule has 1 aliphatic carbocycles. The Balaban J connectivity index is 2.38. The number of rotatable bonds is 6. The zero-order chi connectivity index (χ0) is 14.6. The van der Waals surface area contributed by atoms with Gasteiger partial charge in [-0.05, 0) is 44.0 Å². The topological polar surface area (TPSA) is 21.3 Å². The number of halogens is 2. The molecule has 2 rings (SSSR count). The summed E-state index contributed by atoms with van der Waals surface area (Å²) in [6, 6.07) is 5.05. The molecule has 2 nitrogen and oxygen atoms in total. The van der Waals surface area contributed by atoms with E-state index in [1.54, 1.807) is 13.2 Å². The van der Waals surface area contributed by atoms with Gasteiger partial charge in [-0.25, -0.2) is 4.39 Å². The summed E-state index contributed by atoms with van der Waals surface area (Å²) in [7, 11) is 1.75. The van der Waals surface area contributed by atoms with E-state index in [0.717, 1.165) is 43.1 Å². The second-order valence-corrected chi connectivity index (χ2v) is 6.44. The molecule has 0 aliphatic heterocycles. The van der Waals surface area contributed by atoms with Crippen LogP contribution in [0.25, 0.3) is 0 Å². The van der Waals surface area contributed by atoms with Gasteiger partial charge in [-0.15, -0.1) is 0 Å². The van der Waals surface area contributed by atoms with Crippen molar-refractivity contribution < 1.29 is 9.13 Å². The normalized spacial score (nSPS) is 19.2. The smallest absolute Gasteiger partial charge is 0.128 e. The molecular weight excluding hydrogens is 321 g/mol. The lowest BCUT2D eigenvalue weighted by Gasteiger charge is -2.37. The highest BCUT2D eigenvalue weighted by Crippen LogP contribution is 2.43. The second-order valence-electron chi connectivity index (χ2n) is 5.53. The van der Waals surface area contributed by atoms with Gasteiger partial charge < -0.3 is 10.1 Å². The largest absolute Gasteiger partial charge is 0.376 e. The predicted molar refractivity (Wildman–Crippen MR) is 83.3 cm³/mol. The molecule has 1 N–H and O–H groups in total. The fraction of sp³-hybridized carbons (Fsp3) is 0.625. The molecule has 1 atom stereocenters. The summed E-state index contributed by atoms with van der Waals surface area (Å²) in [4.78, 5) is 0. The summed E-state index contributed by atoms with van der Waals surface area (Å²) in [6.45, 7) is 2.98. The third-order valence-electron chi connectivity index (χ3n) is 4.25. The van der Waals surface area contributed by atoms with Gasteiger partial charge in [-0.2, -0.15) is 0 Å². The third-order valence-corrected chi connectivity index (χ3v) is 4.74. The summed E-state index contributed by atoms with van der Waals surface area (Å²) in [5.41, 5.74) is 0.424. The van der Waals surface area contributed by atoms with Crippen LogP contribution in [0.2, 0.25) is 0 Å². The van der Waals surface area contributed by atoms with Crippen LogP contribution in [-0.2, 0) is 4.74 Å². The van der Waals surface area contributed by atoms with Gasteiger partial charge in [0.05, 0.1) is 11.6 Å². The Morgan fingerprint density at radius 2 is 2.10 bits per heavy atom. The standard InChI is InChI=1S/C16H23BrFNO/c1-3-10-19-15(16(20-2)8-4-5-9-16)13-11-12(17)6-7-14(13)18/h6-7,11,15,19H,3-5,8-10H2,1-2H3. The average Bonchev–Trinajstić information content (AvgIpc) is 2.93. The van der Waals surface area contributed by atoms with Gasteiger partial charge in [0.2, 0.25) is 0 Å². The van der Waals surface area contributed by atoms with Crippen molar-refractivity contribution in [2.45, 2.75) is 50.7 Å². The van der Waals surface area contributed by atoms with E-state index < -0.39 is 0 Å². The molecule has 20 heavy (non-hydrogen) atoms. The first-order valence-electron chi connectivity index (χ1n) is 7.36. The lowest BCUT2D eigenvalue weighted by molar-refractivity contribution is -0.0376. The molecule has 1 aliphatic rings. The minimum Gasteiger partial charge on any atom is -0.376 e. The van der Waals surface area contributed by atoms with Crippen LogP contribution in [0.1, 0.15) is 50.6 Å². The third kappa shape index (κ3) is 3.23. The minimum absolute atomic E-state index is 0.0903. The Morgan fingerprint density at radius 1 is 1.40 bits per heavy atom. The molecule has 0 radical (unpaired) electrons. The van der Waals surface area contributed by atoms with E-state index in [4.69, 9.17) is 4.74 Å². The van der Waals surface area contributed by atoms with Crippen LogP contribution in [0.4, 0.5) is 4.39 Å². The van der Waals surface area contributed by atoms with E-state index in [1.165, 1.54) is 6.07 Å². The first kappa shape index (κ1) is 15.9. The molecule has 112 valence electrons. The monoisotopic (exact) mass is 343 g/mol. The molecular formula is C16H23BrFNO. The maximum atomic E-state index is 14.3. The molecule has 1 saturated carbocycles. The molecule has 0 spiro atoms. The number of benzene rings is 1. The Hall–Kier alpha value is -0.450. The summed E-state index contributed by atoms with van der Waals surface area (Å²) in [5, 5.41) is 3.50. The maximum Gasteiger partial charge on any atom is 0.128 e. The van der Waals surface area contributed by atoms with Gasteiger partial charge in [-0.1, -0.05) is 35.7 Å². The average molecular weight is 344 g/mol. The van der Waals surface area contributed by atoms with Gasteiger partial charge in [0.25, 0.3) is 0 Å². The summed E-state index contributed by atoms with van der Waals surface area (Å²) < 4.78 is 21.1. The second kappa shape index (κ2) is 7.01. The zero-order valence-corrected chi connectivity index (χ0v) is 13.8. The van der Waals surface area contributed by atoms with Crippen LogP contribution >= 0.6 is 15.9 Å². The van der Waals surface area contributed by atoms with E-state index in [0.29, 0.717) is 5.56 Å². The van der Waals surface area contributed by atoms with E-state index in [1.807, 2.05) is 6.07 Å². The number of hydrogen-bond donors (Lipinski definition) is 1. The highest BCUT2D eigenvalue weighted by Gasteiger charge is 2.43. The summed E-state index contributed by atoms with van der Waals surface area (Å²) in [6.07, 6.45) is 5.28. The van der Waals surface area contributed by atoms with Gasteiger partial charge in [0.1, 0.15) is 5.82 Å². The van der Waals surface area contributed by atoms with Crippen molar-refractivity contribution in [3.8, 4) is 0 Å². The Kier molecular flexibility index (Phi) is 5.58. The van der Waals surface area contributed by atoms with Crippen molar-refractivity contribution in [1.29, 1.82) is 0 Å². The Morgan fingerprint density at radius 3 is 2.70 bits per heavy atom. The molecule has 0 bridgehead atoms. The molecule has 0 amide bonds. The molecule has 0 aromatic heterocycles. The first-order valence-corrected chi connectivity index (χ1v) is 8.16. The lowest BCUT2D eigenvalue weighted by atomic mass is 9.86. The van der Waals surface area contributed by atoms with Crippen molar-refractivity contribution >= 4 is 15.9 Å². The lowest BCUT2D eigenvalue weighted by Crippen LogP contribution is -2.44. The van der Waals surface area contributed by atoms with Gasteiger partial charge in [-0.3, -0.25) is 0 Å². The highest BCUT2D eigenvalue weighted by molar-refractivity contribution is 9.10. The Bertz CT molecular complexity index is 446. The van der Waals surface area contributed by atoms with Crippen LogP contribution in [0, 0.1) is 5.82 Å². The van der Waals surface area contributed by atoms with Crippen LogP contribution in [0.15, 0.2) is 22.7 Å². The predicted octanol–water partition coefficient (Wildman–Crippen LogP) is 4.59. The number of nitrogens with one attached hydrogen (secondary N) is 1. The molecule has 0 heterocycles. The van der Waals surface area contributed by atoms with Crippen molar-refractivity contribution in [2.75, 3.05) is 13.7 Å². The molecule has 1 aromatic rings. The van der Waals surface area contributed by atoms with Gasteiger partial charge in [0.15, 0.2) is 0 Å². The van der Waals surface area contributed by atoms with E-state index in [9.17, 15) is 4.39 Å².